The molecule has 0 aromatic heterocycles. The number of nitrogens with two attached hydrogens (primary N) is 4. The van der Waals surface area contributed by atoms with E-state index in [1.165, 1.54) is 23.5 Å². The summed E-state index contributed by atoms with van der Waals surface area (Å²) in [5, 5.41) is 28.2. The lowest BCUT2D eigenvalue weighted by Gasteiger charge is -2.19. The molecule has 0 fully saturated rings. The Bertz CT molecular complexity index is 1910. The molecule has 21 nitrogen and oxygen atoms in total. The highest BCUT2D eigenvalue weighted by Gasteiger charge is 2.26. The van der Waals surface area contributed by atoms with E-state index in [-0.39, 0.29) is 61.0 Å². The number of hydrogen-bond donors (Lipinski definition) is 12. The van der Waals surface area contributed by atoms with Crippen LogP contribution in [0.5, 0.6) is 0 Å². The molecule has 0 heterocycles. The quantitative estimate of drug-likeness (QED) is 0.0140. The van der Waals surface area contributed by atoms with E-state index in [0.29, 0.717) is 93.2 Å². The van der Waals surface area contributed by atoms with Gasteiger partial charge in [-0.25, -0.2) is 5.53 Å². The predicted octanol–water partition coefficient (Wildman–Crippen LogP) is 3.04. The SMILES string of the molecule is N=NC(CC(=N)C(=O)Nc1cc(Br)cc(NC(=O)CCCCN=C(N)N)c1SCCNC=O)C(=O)Nc1cc(Br)cc(NC(=O)CCCCN=C(N)N)c1SCCNC=O. The maximum absolute atomic E-state index is 13.6. The van der Waals surface area contributed by atoms with Crippen molar-refractivity contribution in [1.29, 1.82) is 10.9 Å². The van der Waals surface area contributed by atoms with Gasteiger partial charge in [-0.05, 0) is 49.9 Å². The number of nitrogens with one attached hydrogen (secondary N) is 8. The molecular formula is C35H49Br2N15O6S2. The summed E-state index contributed by atoms with van der Waals surface area (Å²) in [5.41, 5.74) is 29.8. The van der Waals surface area contributed by atoms with E-state index in [2.05, 4.69) is 78.9 Å². The topological polar surface area (TPSA) is 363 Å². The van der Waals surface area contributed by atoms with Crippen LogP contribution in [0.2, 0.25) is 0 Å². The average molecular weight is 1000 g/mol. The van der Waals surface area contributed by atoms with Gasteiger partial charge in [0.1, 0.15) is 0 Å². The Labute approximate surface area is 371 Å². The van der Waals surface area contributed by atoms with Gasteiger partial charge < -0.3 is 54.8 Å². The molecule has 0 spiro atoms. The van der Waals surface area contributed by atoms with E-state index in [1.54, 1.807) is 24.3 Å². The molecule has 2 aromatic carbocycles. The molecule has 326 valence electrons. The van der Waals surface area contributed by atoms with Crippen LogP contribution in [-0.4, -0.2) is 97.8 Å². The molecule has 60 heavy (non-hydrogen) atoms. The van der Waals surface area contributed by atoms with Gasteiger partial charge in [-0.1, -0.05) is 31.9 Å². The highest BCUT2D eigenvalue weighted by Crippen LogP contribution is 2.39. The number of halogens is 2. The summed E-state index contributed by atoms with van der Waals surface area (Å²) < 4.78 is 0.981. The molecule has 2 aromatic rings. The van der Waals surface area contributed by atoms with Crippen molar-refractivity contribution in [2.24, 2.45) is 38.0 Å². The van der Waals surface area contributed by atoms with Crippen LogP contribution in [0.15, 0.2) is 58.1 Å². The average Bonchev–Trinajstić information content (AvgIpc) is 3.17. The van der Waals surface area contributed by atoms with Crippen molar-refractivity contribution in [3.05, 3.63) is 33.2 Å². The second kappa shape index (κ2) is 28.2. The summed E-state index contributed by atoms with van der Waals surface area (Å²) in [4.78, 5) is 83.2. The van der Waals surface area contributed by atoms with E-state index in [1.807, 2.05) is 0 Å². The number of amides is 6. The Balaban J connectivity index is 2.27. The number of carbonyl (C=O) groups excluding carboxylic acids is 6. The van der Waals surface area contributed by atoms with Crippen molar-refractivity contribution in [2.45, 2.75) is 60.8 Å². The maximum Gasteiger partial charge on any atom is 0.269 e. The molecule has 1 unspecified atom stereocenters. The fraction of sp³-hybridized carbons (Fsp3) is 0.400. The number of unbranched alkanes of at least 4 members (excludes halogenated alkanes) is 2. The first-order valence-corrected chi connectivity index (χ1v) is 21.8. The molecule has 0 radical (unpaired) electrons. The molecule has 1 atom stereocenters. The number of anilines is 4. The van der Waals surface area contributed by atoms with Gasteiger partial charge in [0, 0.05) is 65.9 Å². The number of nitrogens with zero attached hydrogens (tertiary/aromatic N) is 3. The zero-order valence-electron chi connectivity index (χ0n) is 32.4. The van der Waals surface area contributed by atoms with Crippen molar-refractivity contribution in [1.82, 2.24) is 10.6 Å². The first-order chi connectivity index (χ1) is 28.7. The molecule has 16 N–H and O–H groups in total. The van der Waals surface area contributed by atoms with Crippen molar-refractivity contribution in [2.75, 3.05) is 59.0 Å². The standard InChI is InChI=1S/C35H49Br2N15O6S2/c36-20-13-23(48-28(55)5-1-3-7-46-34(39)40)30(59-11-9-44-18-53)25(15-20)50-32(57)22(38)17-27(52-43)33(58)51-26-16-21(37)14-24(31(26)60-12-10-45-19-54)49-29(56)6-2-4-8-47-35(41)42/h13-16,18-19,27,38,43H,1-12,17H2,(H,44,53)(H,45,54)(H,48,55)(H,49,56)(H,50,57)(H,51,58)(H4,39,40,46)(H4,41,42,47). The minimum atomic E-state index is -1.51. The highest BCUT2D eigenvalue weighted by atomic mass is 79.9. The van der Waals surface area contributed by atoms with Crippen LogP contribution in [0, 0.1) is 10.9 Å². The molecular weight excluding hydrogens is 950 g/mol. The first kappa shape index (κ1) is 50.9. The van der Waals surface area contributed by atoms with Gasteiger partial charge in [-0.3, -0.25) is 44.2 Å². The molecule has 0 aliphatic heterocycles. The van der Waals surface area contributed by atoms with Crippen LogP contribution in [-0.2, 0) is 28.8 Å². The Kier molecular flexibility index (Phi) is 23.9. The molecule has 0 aliphatic carbocycles. The lowest BCUT2D eigenvalue weighted by Crippen LogP contribution is -2.32. The van der Waals surface area contributed by atoms with Crippen molar-refractivity contribution in [3.63, 3.8) is 0 Å². The normalized spacial score (nSPS) is 10.9. The van der Waals surface area contributed by atoms with Crippen LogP contribution in [0.1, 0.15) is 44.9 Å². The Morgan fingerprint density at radius 3 is 1.50 bits per heavy atom. The monoisotopic (exact) mass is 997 g/mol. The number of guanidine groups is 2. The summed E-state index contributed by atoms with van der Waals surface area (Å²) in [6, 6.07) is 4.94. The first-order valence-electron chi connectivity index (χ1n) is 18.2. The molecule has 0 bridgehead atoms. The van der Waals surface area contributed by atoms with Crippen LogP contribution >= 0.6 is 55.4 Å². The zero-order valence-corrected chi connectivity index (χ0v) is 37.2. The highest BCUT2D eigenvalue weighted by molar-refractivity contribution is 9.10. The largest absolute Gasteiger partial charge is 0.370 e. The van der Waals surface area contributed by atoms with Gasteiger partial charge in [0.05, 0.1) is 38.3 Å². The number of aliphatic imine (C=N–C) groups is 2. The number of rotatable bonds is 29. The molecule has 0 aliphatic rings. The lowest BCUT2D eigenvalue weighted by molar-refractivity contribution is -0.117. The molecule has 0 saturated heterocycles. The minimum Gasteiger partial charge on any atom is -0.370 e. The Morgan fingerprint density at radius 2 is 1.10 bits per heavy atom. The van der Waals surface area contributed by atoms with Crippen LogP contribution in [0.4, 0.5) is 22.7 Å². The van der Waals surface area contributed by atoms with E-state index in [0.717, 1.165) is 0 Å². The zero-order chi connectivity index (χ0) is 44.5. The number of carbonyl (C=O) groups is 6. The third-order valence-corrected chi connectivity index (χ3v) is 10.8. The summed E-state index contributed by atoms with van der Waals surface area (Å²) in [6.07, 6.45) is 2.99. The number of thioether (sulfide) groups is 2. The van der Waals surface area contributed by atoms with Gasteiger partial charge in [0.25, 0.3) is 11.8 Å². The Morgan fingerprint density at radius 1 is 0.683 bits per heavy atom. The number of hydrogen-bond acceptors (Lipinski definition) is 13. The maximum atomic E-state index is 13.6. The third kappa shape index (κ3) is 19.7. The van der Waals surface area contributed by atoms with E-state index in [9.17, 15) is 28.8 Å². The summed E-state index contributed by atoms with van der Waals surface area (Å²) in [5.74, 6) is -1.69. The predicted molar refractivity (Wildman–Crippen MR) is 243 cm³/mol. The van der Waals surface area contributed by atoms with E-state index in [4.69, 9.17) is 33.9 Å². The summed E-state index contributed by atoms with van der Waals surface area (Å²) >= 11 is 9.28. The summed E-state index contributed by atoms with van der Waals surface area (Å²) in [7, 11) is 0. The second-order valence-corrected chi connectivity index (χ2v) is 16.4. The van der Waals surface area contributed by atoms with Crippen LogP contribution in [0.3, 0.4) is 0 Å². The molecule has 25 heteroatoms. The minimum absolute atomic E-state index is 0.0383. The van der Waals surface area contributed by atoms with Gasteiger partial charge in [0.2, 0.25) is 24.6 Å². The second-order valence-electron chi connectivity index (χ2n) is 12.4. The lowest BCUT2D eigenvalue weighted by atomic mass is 10.1. The van der Waals surface area contributed by atoms with Gasteiger partial charge in [-0.2, -0.15) is 5.11 Å². The van der Waals surface area contributed by atoms with Gasteiger partial charge in [-0.15, -0.1) is 23.5 Å². The van der Waals surface area contributed by atoms with Crippen LogP contribution < -0.4 is 54.8 Å². The van der Waals surface area contributed by atoms with E-state index < -0.39 is 30.0 Å². The van der Waals surface area contributed by atoms with Crippen molar-refractivity contribution >= 4 is 132 Å². The smallest absolute Gasteiger partial charge is 0.269 e. The number of benzene rings is 2. The van der Waals surface area contributed by atoms with Gasteiger partial charge >= 0.3 is 0 Å². The molecule has 0 saturated carbocycles. The summed E-state index contributed by atoms with van der Waals surface area (Å²) in [6.45, 7) is 1.28. The fourth-order valence-electron chi connectivity index (χ4n) is 4.94. The molecule has 6 amide bonds. The van der Waals surface area contributed by atoms with Crippen molar-refractivity contribution in [3.8, 4) is 0 Å². The van der Waals surface area contributed by atoms with Crippen molar-refractivity contribution < 1.29 is 28.8 Å². The Hall–Kier alpha value is -5.27. The van der Waals surface area contributed by atoms with Gasteiger partial charge in [0.15, 0.2) is 18.0 Å². The molecule has 2 rings (SSSR count). The third-order valence-electron chi connectivity index (χ3n) is 7.66. The van der Waals surface area contributed by atoms with Crippen LogP contribution in [0.25, 0.3) is 0 Å². The van der Waals surface area contributed by atoms with E-state index >= 15 is 0 Å². The fourth-order valence-corrected chi connectivity index (χ4v) is 7.77.